The zero-order chi connectivity index (χ0) is 21.9. The third-order valence-electron chi connectivity index (χ3n) is 5.40. The summed E-state index contributed by atoms with van der Waals surface area (Å²) in [5.41, 5.74) is 1.83. The molecule has 0 radical (unpaired) electrons. The van der Waals surface area contributed by atoms with E-state index in [0.29, 0.717) is 18.8 Å². The molecule has 5 rings (SSSR count). The van der Waals surface area contributed by atoms with Gasteiger partial charge in [0.25, 0.3) is 0 Å². The van der Waals surface area contributed by atoms with Crippen LogP contribution in [-0.2, 0) is 0 Å². The van der Waals surface area contributed by atoms with Gasteiger partial charge in [0.1, 0.15) is 23.4 Å². The molecule has 0 spiro atoms. The molecule has 1 aromatic heterocycles. The Hall–Kier alpha value is -4.19. The number of benzene rings is 3. The van der Waals surface area contributed by atoms with Gasteiger partial charge in [-0.1, -0.05) is 24.3 Å². The first kappa shape index (κ1) is 19.8. The maximum absolute atomic E-state index is 11.8. The lowest BCUT2D eigenvalue weighted by atomic mass is 10.1. The van der Waals surface area contributed by atoms with Gasteiger partial charge >= 0.3 is 5.97 Å². The van der Waals surface area contributed by atoms with Crippen molar-refractivity contribution in [3.63, 3.8) is 0 Å². The van der Waals surface area contributed by atoms with E-state index in [2.05, 4.69) is 4.90 Å². The number of para-hydroxylation sites is 2. The lowest BCUT2D eigenvalue weighted by molar-refractivity contribution is 0.0697. The number of carbonyl (C=O) groups is 1. The summed E-state index contributed by atoms with van der Waals surface area (Å²) in [6.45, 7) is 1.36. The highest BCUT2D eigenvalue weighted by Crippen LogP contribution is 2.33. The highest BCUT2D eigenvalue weighted by Gasteiger charge is 2.31. The largest absolute Gasteiger partial charge is 0.487 e. The van der Waals surface area contributed by atoms with Gasteiger partial charge in [0.2, 0.25) is 0 Å². The fraction of sp³-hybridized carbons (Fsp3) is 0.115. The van der Waals surface area contributed by atoms with Gasteiger partial charge in [0.05, 0.1) is 30.0 Å². The number of aromatic nitrogens is 1. The third kappa shape index (κ3) is 4.03. The molecule has 6 nitrogen and oxygen atoms in total. The van der Waals surface area contributed by atoms with Crippen molar-refractivity contribution in [3.8, 4) is 22.9 Å². The molecule has 32 heavy (non-hydrogen) atoms. The number of carboxylic acid groups (broad SMARTS) is 1. The summed E-state index contributed by atoms with van der Waals surface area (Å²) in [4.78, 5) is 13.9. The van der Waals surface area contributed by atoms with E-state index in [4.69, 9.17) is 9.47 Å². The van der Waals surface area contributed by atoms with Crippen molar-refractivity contribution in [1.82, 2.24) is 4.57 Å². The normalized spacial score (nSPS) is 13.4. The SMILES string of the molecule is O=C(O)c1cccc(N2CC(Oc3ccc(Oc4ccccc4)cc3)C2)c1-n1cccc1. The lowest BCUT2D eigenvalue weighted by Gasteiger charge is -2.41. The minimum Gasteiger partial charge on any atom is -0.487 e. The van der Waals surface area contributed by atoms with Crippen molar-refractivity contribution in [2.45, 2.75) is 6.10 Å². The Morgan fingerprint density at radius 3 is 2.12 bits per heavy atom. The standard InChI is InChI=1S/C26H22N2O4/c29-26(30)23-9-6-10-24(25(23)27-15-4-5-16-27)28-17-22(18-28)32-21-13-11-20(12-14-21)31-19-7-2-1-3-8-19/h1-16,22H,17-18H2,(H,29,30). The highest BCUT2D eigenvalue weighted by molar-refractivity contribution is 5.95. The Morgan fingerprint density at radius 2 is 1.44 bits per heavy atom. The van der Waals surface area contributed by atoms with Crippen molar-refractivity contribution >= 4 is 11.7 Å². The predicted octanol–water partition coefficient (Wildman–Crippen LogP) is 5.24. The van der Waals surface area contributed by atoms with E-state index in [0.717, 1.165) is 22.9 Å². The zero-order valence-electron chi connectivity index (χ0n) is 17.3. The van der Waals surface area contributed by atoms with Gasteiger partial charge < -0.3 is 24.0 Å². The molecule has 0 saturated carbocycles. The van der Waals surface area contributed by atoms with E-state index in [1.807, 2.05) is 89.8 Å². The number of ether oxygens (including phenoxy) is 2. The molecule has 0 atom stereocenters. The Bertz CT molecular complexity index is 1200. The molecule has 0 amide bonds. The fourth-order valence-corrected chi connectivity index (χ4v) is 3.83. The molecule has 4 aromatic rings. The van der Waals surface area contributed by atoms with Crippen LogP contribution in [0.5, 0.6) is 17.2 Å². The fourth-order valence-electron chi connectivity index (χ4n) is 3.83. The number of carboxylic acids is 1. The molecule has 6 heteroatoms. The van der Waals surface area contributed by atoms with Crippen molar-refractivity contribution in [1.29, 1.82) is 0 Å². The summed E-state index contributed by atoms with van der Waals surface area (Å²) in [5, 5.41) is 9.66. The van der Waals surface area contributed by atoms with Gasteiger partial charge in [-0.3, -0.25) is 0 Å². The second-order valence-corrected chi connectivity index (χ2v) is 7.60. The molecular weight excluding hydrogens is 404 g/mol. The van der Waals surface area contributed by atoms with Crippen LogP contribution in [0.1, 0.15) is 10.4 Å². The third-order valence-corrected chi connectivity index (χ3v) is 5.40. The first-order valence-electron chi connectivity index (χ1n) is 10.4. The van der Waals surface area contributed by atoms with E-state index < -0.39 is 5.97 Å². The molecule has 3 aromatic carbocycles. The zero-order valence-corrected chi connectivity index (χ0v) is 17.3. The molecule has 160 valence electrons. The molecule has 1 saturated heterocycles. The topological polar surface area (TPSA) is 63.9 Å². The molecular formula is C26H22N2O4. The van der Waals surface area contributed by atoms with Gasteiger partial charge in [-0.05, 0) is 60.7 Å². The molecule has 0 unspecified atom stereocenters. The highest BCUT2D eigenvalue weighted by atomic mass is 16.5. The number of rotatable bonds is 7. The number of hydrogen-bond acceptors (Lipinski definition) is 4. The van der Waals surface area contributed by atoms with Crippen LogP contribution >= 0.6 is 0 Å². The van der Waals surface area contributed by atoms with E-state index in [1.54, 1.807) is 12.1 Å². The van der Waals surface area contributed by atoms with Gasteiger partial charge in [-0.2, -0.15) is 0 Å². The van der Waals surface area contributed by atoms with Gasteiger partial charge in [0, 0.05) is 12.4 Å². The Balaban J connectivity index is 1.25. The quantitative estimate of drug-likeness (QED) is 0.438. The second kappa shape index (κ2) is 8.51. The lowest BCUT2D eigenvalue weighted by Crippen LogP contribution is -2.54. The van der Waals surface area contributed by atoms with Crippen molar-refractivity contribution in [3.05, 3.63) is 103 Å². The first-order valence-corrected chi connectivity index (χ1v) is 10.4. The minimum atomic E-state index is -0.943. The summed E-state index contributed by atoms with van der Waals surface area (Å²) >= 11 is 0. The Morgan fingerprint density at radius 1 is 0.781 bits per heavy atom. The molecule has 2 heterocycles. The van der Waals surface area contributed by atoms with Crippen LogP contribution < -0.4 is 14.4 Å². The number of aromatic carboxylic acids is 1. The van der Waals surface area contributed by atoms with Crippen molar-refractivity contribution in [2.24, 2.45) is 0 Å². The van der Waals surface area contributed by atoms with E-state index >= 15 is 0 Å². The van der Waals surface area contributed by atoms with E-state index in [9.17, 15) is 9.90 Å². The summed E-state index contributed by atoms with van der Waals surface area (Å²) in [7, 11) is 0. The molecule has 0 aliphatic carbocycles. The van der Waals surface area contributed by atoms with Gasteiger partial charge in [0.15, 0.2) is 0 Å². The summed E-state index contributed by atoms with van der Waals surface area (Å²) in [6.07, 6.45) is 3.75. The first-order chi connectivity index (χ1) is 15.7. The minimum absolute atomic E-state index is 0.0295. The molecule has 1 aliphatic heterocycles. The van der Waals surface area contributed by atoms with Gasteiger partial charge in [-0.25, -0.2) is 4.79 Å². The average Bonchev–Trinajstić information content (AvgIpc) is 3.32. The molecule has 1 aliphatic rings. The summed E-state index contributed by atoms with van der Waals surface area (Å²) in [5.74, 6) is 1.38. The predicted molar refractivity (Wildman–Crippen MR) is 122 cm³/mol. The monoisotopic (exact) mass is 426 g/mol. The molecule has 1 fully saturated rings. The van der Waals surface area contributed by atoms with Crippen molar-refractivity contribution in [2.75, 3.05) is 18.0 Å². The number of nitrogens with zero attached hydrogens (tertiary/aromatic N) is 2. The van der Waals surface area contributed by atoms with Gasteiger partial charge in [-0.15, -0.1) is 0 Å². The van der Waals surface area contributed by atoms with Crippen LogP contribution in [0.15, 0.2) is 97.3 Å². The second-order valence-electron chi connectivity index (χ2n) is 7.60. The smallest absolute Gasteiger partial charge is 0.337 e. The summed E-state index contributed by atoms with van der Waals surface area (Å²) in [6, 6.07) is 26.4. The maximum Gasteiger partial charge on any atom is 0.337 e. The number of anilines is 1. The summed E-state index contributed by atoms with van der Waals surface area (Å²) < 4.78 is 13.8. The van der Waals surface area contributed by atoms with Crippen LogP contribution in [-0.4, -0.2) is 34.8 Å². The molecule has 0 bridgehead atoms. The van der Waals surface area contributed by atoms with Crippen LogP contribution in [0.25, 0.3) is 5.69 Å². The van der Waals surface area contributed by atoms with Crippen LogP contribution in [0.3, 0.4) is 0 Å². The molecule has 1 N–H and O–H groups in total. The van der Waals surface area contributed by atoms with Crippen molar-refractivity contribution < 1.29 is 19.4 Å². The maximum atomic E-state index is 11.8. The van der Waals surface area contributed by atoms with Crippen LogP contribution in [0, 0.1) is 0 Å². The van der Waals surface area contributed by atoms with Crippen LogP contribution in [0.2, 0.25) is 0 Å². The Kier molecular flexibility index (Phi) is 5.25. The van der Waals surface area contributed by atoms with Crippen LogP contribution in [0.4, 0.5) is 5.69 Å². The van der Waals surface area contributed by atoms with E-state index in [-0.39, 0.29) is 11.7 Å². The number of hydrogen-bond donors (Lipinski definition) is 1. The van der Waals surface area contributed by atoms with E-state index in [1.165, 1.54) is 0 Å². The average molecular weight is 426 g/mol. The Labute approximate surface area is 185 Å².